The summed E-state index contributed by atoms with van der Waals surface area (Å²) in [6.45, 7) is 6.90. The van der Waals surface area contributed by atoms with Gasteiger partial charge in [0.2, 0.25) is 0 Å². The molecule has 0 saturated heterocycles. The fourth-order valence-electron chi connectivity index (χ4n) is 2.12. The summed E-state index contributed by atoms with van der Waals surface area (Å²) in [6, 6.07) is 11.0. The summed E-state index contributed by atoms with van der Waals surface area (Å²) in [7, 11) is 0. The summed E-state index contributed by atoms with van der Waals surface area (Å²) in [4.78, 5) is 11.4. The Balaban J connectivity index is 2.41. The molecule has 0 amide bonds. The van der Waals surface area contributed by atoms with Gasteiger partial charge in [-0.05, 0) is 0 Å². The van der Waals surface area contributed by atoms with Gasteiger partial charge in [-0.3, -0.25) is 0 Å². The van der Waals surface area contributed by atoms with Crippen molar-refractivity contribution in [3.05, 3.63) is 58.4 Å². The van der Waals surface area contributed by atoms with Crippen LogP contribution in [0, 0.1) is 29.2 Å². The molecular weight excluding hydrogens is 252 g/mol. The Bertz CT molecular complexity index is 889. The predicted molar refractivity (Wildman–Crippen MR) is 69.1 cm³/mol. The molecule has 6 nitrogen and oxygen atoms in total. The van der Waals surface area contributed by atoms with E-state index in [4.69, 9.17) is 17.1 Å². The van der Waals surface area contributed by atoms with E-state index in [9.17, 15) is 0 Å². The molecule has 0 bridgehead atoms. The van der Waals surface area contributed by atoms with Crippen molar-refractivity contribution in [3.63, 3.8) is 0 Å². The maximum atomic E-state index is 9.02. The average molecular weight is 256 g/mol. The number of fused-ring (bicyclic) bond motifs is 3. The second-order valence-corrected chi connectivity index (χ2v) is 3.94. The van der Waals surface area contributed by atoms with E-state index in [2.05, 4.69) is 20.0 Å². The molecule has 3 rings (SSSR count). The lowest BCUT2D eigenvalue weighted by Crippen LogP contribution is -2.04. The Morgan fingerprint density at radius 2 is 1.60 bits per heavy atom. The molecule has 0 radical (unpaired) electrons. The minimum atomic E-state index is -0.0586. The highest BCUT2D eigenvalue weighted by atomic mass is 15.2. The van der Waals surface area contributed by atoms with E-state index in [1.54, 1.807) is 6.07 Å². The van der Waals surface area contributed by atoms with Gasteiger partial charge in [-0.25, -0.2) is 9.97 Å². The molecule has 90 valence electrons. The van der Waals surface area contributed by atoms with Crippen molar-refractivity contribution in [2.75, 3.05) is 0 Å². The Hall–Kier alpha value is -3.56. The highest BCUT2D eigenvalue weighted by Crippen LogP contribution is 2.34. The molecule has 0 unspecified atom stereocenters. The van der Waals surface area contributed by atoms with E-state index in [0.29, 0.717) is 17.1 Å². The molecule has 6 heteroatoms. The van der Waals surface area contributed by atoms with Crippen molar-refractivity contribution >= 4 is 5.71 Å². The zero-order valence-electron chi connectivity index (χ0n) is 9.99. The first-order chi connectivity index (χ1) is 9.80. The normalized spacial score (nSPS) is 12.9. The largest absolute Gasteiger partial charge is 0.232 e. The van der Waals surface area contributed by atoms with Crippen molar-refractivity contribution in [2.24, 2.45) is 5.10 Å². The van der Waals surface area contributed by atoms with Gasteiger partial charge in [0.05, 0.1) is 5.10 Å². The van der Waals surface area contributed by atoms with Gasteiger partial charge in [-0.2, -0.15) is 17.1 Å². The standard InChI is InChI=1S/C14H4N6/c1-17-20-13-9-5-3-2-4-8(9)12-14(13)19-11(7-16)10(6-15)18-12/h2-5H/b20-13+. The van der Waals surface area contributed by atoms with Gasteiger partial charge in [0.25, 0.3) is 0 Å². The minimum absolute atomic E-state index is 0.0230. The summed E-state index contributed by atoms with van der Waals surface area (Å²) in [6.07, 6.45) is 0. The van der Waals surface area contributed by atoms with Crippen molar-refractivity contribution in [3.8, 4) is 23.4 Å². The number of benzene rings is 1. The molecule has 1 heterocycles. The number of aromatic nitrogens is 2. The Kier molecular flexibility index (Phi) is 2.46. The number of nitrogens with zero attached hydrogens (tertiary/aromatic N) is 6. The van der Waals surface area contributed by atoms with E-state index in [1.165, 1.54) is 0 Å². The topological polar surface area (TPSA) is 90.1 Å². The van der Waals surface area contributed by atoms with Gasteiger partial charge in [0.15, 0.2) is 17.1 Å². The first kappa shape index (κ1) is 11.5. The van der Waals surface area contributed by atoms with Crippen LogP contribution in [0.15, 0.2) is 29.4 Å². The van der Waals surface area contributed by atoms with Crippen LogP contribution in [0.5, 0.6) is 0 Å². The molecule has 20 heavy (non-hydrogen) atoms. The number of rotatable bonds is 0. The molecule has 0 saturated carbocycles. The average Bonchev–Trinajstić information content (AvgIpc) is 2.80. The molecule has 0 aliphatic heterocycles. The van der Waals surface area contributed by atoms with Crippen LogP contribution < -0.4 is 0 Å². The maximum absolute atomic E-state index is 9.02. The van der Waals surface area contributed by atoms with Crippen LogP contribution in [0.2, 0.25) is 0 Å². The van der Waals surface area contributed by atoms with Crippen LogP contribution in [0.25, 0.3) is 16.2 Å². The van der Waals surface area contributed by atoms with Crippen molar-refractivity contribution in [2.45, 2.75) is 0 Å². The van der Waals surface area contributed by atoms with Crippen molar-refractivity contribution in [1.82, 2.24) is 9.97 Å². The maximum Gasteiger partial charge on any atom is 0.181 e. The summed E-state index contributed by atoms with van der Waals surface area (Å²) in [5, 5.41) is 21.8. The van der Waals surface area contributed by atoms with Gasteiger partial charge in [-0.1, -0.05) is 24.3 Å². The summed E-state index contributed by atoms with van der Waals surface area (Å²) < 4.78 is 0. The SMILES string of the molecule is [C-]#[N+]/N=C1\c2ccccc2-c2nc(C#N)c(C#N)nc21. The van der Waals surface area contributed by atoms with Crippen LogP contribution in [0.1, 0.15) is 22.6 Å². The highest BCUT2D eigenvalue weighted by Gasteiger charge is 2.31. The second kappa shape index (κ2) is 4.28. The molecule has 0 spiro atoms. The molecule has 1 aromatic heterocycles. The lowest BCUT2D eigenvalue weighted by atomic mass is 10.1. The van der Waals surface area contributed by atoms with E-state index >= 15 is 0 Å². The van der Waals surface area contributed by atoms with E-state index in [-0.39, 0.29) is 11.4 Å². The van der Waals surface area contributed by atoms with Gasteiger partial charge in [0.1, 0.15) is 23.5 Å². The van der Waals surface area contributed by atoms with E-state index in [1.807, 2.05) is 30.3 Å². The van der Waals surface area contributed by atoms with Crippen LogP contribution in [0.4, 0.5) is 0 Å². The Labute approximate surface area is 114 Å². The molecule has 0 atom stereocenters. The van der Waals surface area contributed by atoms with Gasteiger partial charge in [0, 0.05) is 11.1 Å². The van der Waals surface area contributed by atoms with Crippen LogP contribution in [-0.2, 0) is 0 Å². The van der Waals surface area contributed by atoms with Gasteiger partial charge in [-0.15, -0.1) is 4.95 Å². The van der Waals surface area contributed by atoms with Gasteiger partial charge >= 0.3 is 0 Å². The quantitative estimate of drug-likeness (QED) is 0.453. The van der Waals surface area contributed by atoms with Crippen molar-refractivity contribution < 1.29 is 0 Å². The molecule has 1 aliphatic rings. The fourth-order valence-corrected chi connectivity index (χ4v) is 2.12. The Morgan fingerprint density at radius 3 is 2.20 bits per heavy atom. The molecule has 2 aromatic rings. The summed E-state index contributed by atoms with van der Waals surface area (Å²) in [5.41, 5.74) is 2.66. The zero-order valence-corrected chi connectivity index (χ0v) is 9.99. The number of nitriles is 2. The fraction of sp³-hybridized carbons (Fsp3) is 0. The Morgan fingerprint density at radius 1 is 1.00 bits per heavy atom. The molecule has 0 N–H and O–H groups in total. The minimum Gasteiger partial charge on any atom is -0.232 e. The van der Waals surface area contributed by atoms with Crippen LogP contribution in [0.3, 0.4) is 0 Å². The lowest BCUT2D eigenvalue weighted by molar-refractivity contribution is 1.13. The van der Waals surface area contributed by atoms with E-state index < -0.39 is 0 Å². The predicted octanol–water partition coefficient (Wildman–Crippen LogP) is 1.87. The molecule has 0 fully saturated rings. The van der Waals surface area contributed by atoms with Gasteiger partial charge < -0.3 is 0 Å². The monoisotopic (exact) mass is 256 g/mol. The first-order valence-electron chi connectivity index (χ1n) is 5.57. The summed E-state index contributed by atoms with van der Waals surface area (Å²) in [5.74, 6) is 0. The lowest BCUT2D eigenvalue weighted by Gasteiger charge is -1.99. The molecule has 1 aromatic carbocycles. The number of hydrogen-bond acceptors (Lipinski definition) is 5. The highest BCUT2D eigenvalue weighted by molar-refractivity contribution is 6.22. The number of hydrogen-bond donors (Lipinski definition) is 0. The smallest absolute Gasteiger partial charge is 0.181 e. The summed E-state index contributed by atoms with van der Waals surface area (Å²) >= 11 is 0. The third kappa shape index (κ3) is 1.45. The zero-order chi connectivity index (χ0) is 14.1. The molecule has 1 aliphatic carbocycles. The van der Waals surface area contributed by atoms with E-state index in [0.717, 1.165) is 11.1 Å². The third-order valence-electron chi connectivity index (χ3n) is 2.92. The van der Waals surface area contributed by atoms with Crippen LogP contribution >= 0.6 is 0 Å². The van der Waals surface area contributed by atoms with Crippen molar-refractivity contribution in [1.29, 1.82) is 10.5 Å². The third-order valence-corrected chi connectivity index (χ3v) is 2.92. The van der Waals surface area contributed by atoms with Crippen LogP contribution in [-0.4, -0.2) is 15.7 Å². The second-order valence-electron chi connectivity index (χ2n) is 3.94. The molecular formula is C14H4N6. The first-order valence-corrected chi connectivity index (χ1v) is 5.57.